The first-order chi connectivity index (χ1) is 17.6. The number of fused-ring (bicyclic) bond motifs is 1. The van der Waals surface area contributed by atoms with Crippen LogP contribution >= 0.6 is 0 Å². The van der Waals surface area contributed by atoms with Gasteiger partial charge in [-0.3, -0.25) is 9.78 Å². The summed E-state index contributed by atoms with van der Waals surface area (Å²) in [5, 5.41) is 7.38. The summed E-state index contributed by atoms with van der Waals surface area (Å²) < 4.78 is 7.63. The van der Waals surface area contributed by atoms with Gasteiger partial charge in [0.1, 0.15) is 12.4 Å². The number of pyridine rings is 1. The smallest absolute Gasteiger partial charge is 0.222 e. The fourth-order valence-corrected chi connectivity index (χ4v) is 4.63. The van der Waals surface area contributed by atoms with Gasteiger partial charge in [-0.05, 0) is 66.8 Å². The molecule has 0 unspecified atom stereocenters. The van der Waals surface area contributed by atoms with E-state index in [2.05, 4.69) is 37.5 Å². The third-order valence-electron chi connectivity index (χ3n) is 6.46. The molecule has 1 amide bonds. The molecule has 0 bridgehead atoms. The Bertz CT molecular complexity index is 1280. The van der Waals surface area contributed by atoms with E-state index >= 15 is 0 Å². The van der Waals surface area contributed by atoms with E-state index in [-0.39, 0.29) is 11.9 Å². The molecule has 0 saturated carbocycles. The third-order valence-corrected chi connectivity index (χ3v) is 6.46. The molecule has 1 saturated heterocycles. The number of benzene rings is 1. The van der Waals surface area contributed by atoms with E-state index < -0.39 is 0 Å². The number of carbonyl (C=O) groups excluding carboxylic acids is 1. The maximum Gasteiger partial charge on any atom is 0.222 e. The summed E-state index contributed by atoms with van der Waals surface area (Å²) in [7, 11) is 1.67. The number of aryl methyl sites for hydroxylation is 1. The maximum atomic E-state index is 12.7. The predicted octanol–water partition coefficient (Wildman–Crippen LogP) is 3.48. The molecule has 2 aromatic heterocycles. The SMILES string of the molecule is COc1cc(C=C2CCCN3C2=NOC[C@@H]3CC(=O)NCc2ccncc2)ccc1-n1cnc(C)c1. The molecule has 0 radical (unpaired) electrons. The number of hydrogen-bond acceptors (Lipinski definition) is 7. The fourth-order valence-electron chi connectivity index (χ4n) is 4.63. The number of imidazole rings is 1. The minimum Gasteiger partial charge on any atom is -0.495 e. The molecule has 1 aromatic carbocycles. The number of amides is 1. The predicted molar refractivity (Wildman–Crippen MR) is 137 cm³/mol. The van der Waals surface area contributed by atoms with Crippen LogP contribution in [0.3, 0.4) is 0 Å². The summed E-state index contributed by atoms with van der Waals surface area (Å²) in [5.41, 5.74) is 5.01. The lowest BCUT2D eigenvalue weighted by molar-refractivity contribution is -0.123. The zero-order valence-corrected chi connectivity index (χ0v) is 20.6. The third kappa shape index (κ3) is 5.25. The number of rotatable bonds is 7. The second-order valence-corrected chi connectivity index (χ2v) is 9.02. The quantitative estimate of drug-likeness (QED) is 0.550. The van der Waals surface area contributed by atoms with Crippen LogP contribution in [0.25, 0.3) is 11.8 Å². The number of nitrogens with zero attached hydrogens (tertiary/aromatic N) is 5. The molecule has 186 valence electrons. The van der Waals surface area contributed by atoms with Gasteiger partial charge in [0.25, 0.3) is 0 Å². The molecular formula is C27H30N6O3. The van der Waals surface area contributed by atoms with Crippen molar-refractivity contribution in [3.05, 3.63) is 77.6 Å². The van der Waals surface area contributed by atoms with Crippen molar-refractivity contribution in [2.24, 2.45) is 5.16 Å². The van der Waals surface area contributed by atoms with E-state index in [9.17, 15) is 4.79 Å². The van der Waals surface area contributed by atoms with Crippen LogP contribution in [0.2, 0.25) is 0 Å². The Morgan fingerprint density at radius 3 is 2.92 bits per heavy atom. The minimum atomic E-state index is -0.0555. The topological polar surface area (TPSA) is 93.9 Å². The van der Waals surface area contributed by atoms with Crippen LogP contribution < -0.4 is 10.1 Å². The molecular weight excluding hydrogens is 456 g/mol. The molecule has 0 spiro atoms. The van der Waals surface area contributed by atoms with Crippen LogP contribution in [0.4, 0.5) is 0 Å². The molecule has 1 N–H and O–H groups in total. The summed E-state index contributed by atoms with van der Waals surface area (Å²) in [6.07, 6.45) is 11.6. The van der Waals surface area contributed by atoms with E-state index in [1.165, 1.54) is 0 Å². The number of oxime groups is 1. The normalized spacial score (nSPS) is 18.3. The summed E-state index contributed by atoms with van der Waals surface area (Å²) >= 11 is 0. The highest BCUT2D eigenvalue weighted by atomic mass is 16.6. The van der Waals surface area contributed by atoms with Crippen molar-refractivity contribution in [3.8, 4) is 11.4 Å². The number of carbonyl (C=O) groups is 1. The Morgan fingerprint density at radius 1 is 1.28 bits per heavy atom. The molecule has 4 heterocycles. The van der Waals surface area contributed by atoms with Crippen LogP contribution in [0.5, 0.6) is 5.75 Å². The Morgan fingerprint density at radius 2 is 2.14 bits per heavy atom. The van der Waals surface area contributed by atoms with Crippen molar-refractivity contribution in [2.75, 3.05) is 20.3 Å². The average molecular weight is 487 g/mol. The largest absolute Gasteiger partial charge is 0.495 e. The number of aromatic nitrogens is 3. The lowest BCUT2D eigenvalue weighted by atomic mass is 9.97. The van der Waals surface area contributed by atoms with Gasteiger partial charge in [0.05, 0.1) is 37.3 Å². The number of ether oxygens (including phenoxy) is 1. The summed E-state index contributed by atoms with van der Waals surface area (Å²) in [4.78, 5) is 28.8. The first kappa shape index (κ1) is 23.6. The van der Waals surface area contributed by atoms with Crippen LogP contribution in [-0.2, 0) is 16.2 Å². The molecule has 9 heteroatoms. The Hall–Kier alpha value is -4.14. The summed E-state index contributed by atoms with van der Waals surface area (Å²) in [6.45, 7) is 3.69. The van der Waals surface area contributed by atoms with Crippen molar-refractivity contribution < 1.29 is 14.4 Å². The molecule has 1 fully saturated rings. The van der Waals surface area contributed by atoms with Gasteiger partial charge in [-0.1, -0.05) is 11.2 Å². The first-order valence-electron chi connectivity index (χ1n) is 12.1. The van der Waals surface area contributed by atoms with E-state index in [1.54, 1.807) is 25.8 Å². The number of nitrogens with one attached hydrogen (secondary N) is 1. The Labute approximate surface area is 210 Å². The number of methoxy groups -OCH3 is 1. The highest BCUT2D eigenvalue weighted by Crippen LogP contribution is 2.30. The van der Waals surface area contributed by atoms with Gasteiger partial charge in [-0.25, -0.2) is 4.98 Å². The van der Waals surface area contributed by atoms with Crippen molar-refractivity contribution >= 4 is 17.8 Å². The van der Waals surface area contributed by atoms with Crippen molar-refractivity contribution in [1.29, 1.82) is 0 Å². The standard InChI is InChI=1S/C27H30N6O3/c1-19-16-32(18-30-19)24-6-5-21(13-25(24)35-2)12-22-4-3-11-33-23(17-36-31-27(22)33)14-26(34)29-15-20-7-9-28-10-8-20/h5-10,12-13,16,18,23H,3-4,11,14-15,17H2,1-2H3,(H,29,34)/t23-/m0/s1. The first-order valence-corrected chi connectivity index (χ1v) is 12.1. The van der Waals surface area contributed by atoms with Gasteiger partial charge in [-0.2, -0.15) is 0 Å². The molecule has 2 aliphatic heterocycles. The second-order valence-electron chi connectivity index (χ2n) is 9.02. The monoisotopic (exact) mass is 486 g/mol. The van der Waals surface area contributed by atoms with Crippen molar-refractivity contribution in [3.63, 3.8) is 0 Å². The maximum absolute atomic E-state index is 12.7. The number of amidine groups is 1. The van der Waals surface area contributed by atoms with Crippen LogP contribution in [0.1, 0.15) is 36.1 Å². The zero-order valence-electron chi connectivity index (χ0n) is 20.6. The van der Waals surface area contributed by atoms with E-state index in [4.69, 9.17) is 9.57 Å². The van der Waals surface area contributed by atoms with Crippen molar-refractivity contribution in [2.45, 2.75) is 38.8 Å². The van der Waals surface area contributed by atoms with Gasteiger partial charge in [0.2, 0.25) is 5.91 Å². The summed E-state index contributed by atoms with van der Waals surface area (Å²) in [5.74, 6) is 1.57. The molecule has 2 aliphatic rings. The van der Waals surface area contributed by atoms with E-state index in [0.29, 0.717) is 19.6 Å². The second kappa shape index (κ2) is 10.6. The Balaban J connectivity index is 1.29. The van der Waals surface area contributed by atoms with Crippen LogP contribution in [0.15, 0.2) is 66.0 Å². The van der Waals surface area contributed by atoms with E-state index in [0.717, 1.165) is 59.1 Å². The van der Waals surface area contributed by atoms with Crippen molar-refractivity contribution in [1.82, 2.24) is 24.8 Å². The van der Waals surface area contributed by atoms with Gasteiger partial charge in [0, 0.05) is 31.7 Å². The van der Waals surface area contributed by atoms with Gasteiger partial charge in [0.15, 0.2) is 5.84 Å². The number of hydrogen-bond donors (Lipinski definition) is 1. The lowest BCUT2D eigenvalue weighted by Crippen LogP contribution is -2.50. The lowest BCUT2D eigenvalue weighted by Gasteiger charge is -2.39. The van der Waals surface area contributed by atoms with Crippen LogP contribution in [-0.4, -0.2) is 57.5 Å². The molecule has 3 aromatic rings. The average Bonchev–Trinajstić information content (AvgIpc) is 3.34. The molecule has 0 aliphatic carbocycles. The fraction of sp³-hybridized carbons (Fsp3) is 0.333. The van der Waals surface area contributed by atoms with E-state index in [1.807, 2.05) is 42.0 Å². The molecule has 9 nitrogen and oxygen atoms in total. The summed E-state index contributed by atoms with van der Waals surface area (Å²) in [6, 6.07) is 9.85. The van der Waals surface area contributed by atoms with Gasteiger partial charge < -0.3 is 24.4 Å². The molecule has 1 atom stereocenters. The van der Waals surface area contributed by atoms with Gasteiger partial charge >= 0.3 is 0 Å². The van der Waals surface area contributed by atoms with Crippen LogP contribution in [0, 0.1) is 6.92 Å². The zero-order chi connectivity index (χ0) is 24.9. The number of piperidine rings is 1. The highest BCUT2D eigenvalue weighted by molar-refractivity contribution is 6.03. The molecule has 36 heavy (non-hydrogen) atoms. The molecule has 5 rings (SSSR count). The Kier molecular flexibility index (Phi) is 6.97. The minimum absolute atomic E-state index is 0.00664. The highest BCUT2D eigenvalue weighted by Gasteiger charge is 2.33. The van der Waals surface area contributed by atoms with Gasteiger partial charge in [-0.15, -0.1) is 0 Å².